The average molecular weight is 447 g/mol. The van der Waals surface area contributed by atoms with E-state index in [-0.39, 0.29) is 5.56 Å². The number of ether oxygens (including phenoxy) is 1. The smallest absolute Gasteiger partial charge is 0.329 e. The first-order chi connectivity index (χ1) is 15.0. The van der Waals surface area contributed by atoms with Crippen molar-refractivity contribution >= 4 is 29.4 Å². The summed E-state index contributed by atoms with van der Waals surface area (Å²) < 4.78 is 32.8. The summed E-state index contributed by atoms with van der Waals surface area (Å²) in [5.74, 6) is -6.01. The Balaban J connectivity index is 2.04. The van der Waals surface area contributed by atoms with Crippen molar-refractivity contribution in [3.63, 3.8) is 0 Å². The minimum Gasteiger partial charge on any atom is -0.451 e. The van der Waals surface area contributed by atoms with Gasteiger partial charge in [0.1, 0.15) is 23.2 Å². The predicted octanol–water partition coefficient (Wildman–Crippen LogP) is 2.39. The fourth-order valence-electron chi connectivity index (χ4n) is 2.69. The van der Waals surface area contributed by atoms with Crippen molar-refractivity contribution in [1.82, 2.24) is 5.32 Å². The Hall–Kier alpha value is -3.82. The summed E-state index contributed by atoms with van der Waals surface area (Å²) in [6.07, 6.45) is -1.25. The van der Waals surface area contributed by atoms with Crippen LogP contribution in [0.3, 0.4) is 0 Å². The highest BCUT2D eigenvalue weighted by atomic mass is 19.1. The molecule has 0 saturated heterocycles. The second-order valence-electron chi connectivity index (χ2n) is 7.30. The van der Waals surface area contributed by atoms with Gasteiger partial charge in [0.15, 0.2) is 6.10 Å². The number of nitrogens with two attached hydrogens (primary N) is 1. The zero-order chi connectivity index (χ0) is 24.0. The molecule has 170 valence electrons. The molecule has 0 aliphatic rings. The highest BCUT2D eigenvalue weighted by Gasteiger charge is 2.30. The SMILES string of the molecule is CC(OC(=O)C(NC(=O)c1c(F)cccc1F)C(C)C)C(=O)Nc1ccc(C(N)=O)cc1. The maximum atomic E-state index is 13.9. The molecule has 0 aliphatic carbocycles. The van der Waals surface area contributed by atoms with E-state index in [4.69, 9.17) is 10.5 Å². The molecule has 0 radical (unpaired) electrons. The standard InChI is InChI=1S/C22H23F2N3O5/c1-11(2)18(27-21(30)17-15(23)5-4-6-16(17)24)22(31)32-12(3)20(29)26-14-9-7-13(8-10-14)19(25)28/h4-12,18H,1-3H3,(H2,25,28)(H,26,29)(H,27,30). The molecule has 2 rings (SSSR count). The number of rotatable bonds is 8. The molecule has 8 nitrogen and oxygen atoms in total. The fourth-order valence-corrected chi connectivity index (χ4v) is 2.69. The van der Waals surface area contributed by atoms with Crippen LogP contribution in [0.2, 0.25) is 0 Å². The molecular formula is C22H23F2N3O5. The van der Waals surface area contributed by atoms with E-state index in [1.807, 2.05) is 0 Å². The van der Waals surface area contributed by atoms with Crippen LogP contribution in [-0.2, 0) is 14.3 Å². The van der Waals surface area contributed by atoms with Crippen molar-refractivity contribution in [1.29, 1.82) is 0 Å². The minimum atomic E-state index is -1.26. The van der Waals surface area contributed by atoms with Crippen LogP contribution in [0.1, 0.15) is 41.5 Å². The number of primary amides is 1. The number of hydrogen-bond donors (Lipinski definition) is 3. The molecular weight excluding hydrogens is 424 g/mol. The van der Waals surface area contributed by atoms with Crippen LogP contribution in [-0.4, -0.2) is 35.8 Å². The van der Waals surface area contributed by atoms with Crippen LogP contribution in [0.4, 0.5) is 14.5 Å². The van der Waals surface area contributed by atoms with Gasteiger partial charge in [-0.05, 0) is 49.2 Å². The number of nitrogens with one attached hydrogen (secondary N) is 2. The maximum absolute atomic E-state index is 13.9. The molecule has 32 heavy (non-hydrogen) atoms. The summed E-state index contributed by atoms with van der Waals surface area (Å²) >= 11 is 0. The molecule has 10 heteroatoms. The molecule has 2 aromatic rings. The number of carbonyl (C=O) groups excluding carboxylic acids is 4. The second-order valence-corrected chi connectivity index (χ2v) is 7.30. The van der Waals surface area contributed by atoms with Crippen LogP contribution in [0.15, 0.2) is 42.5 Å². The van der Waals surface area contributed by atoms with Gasteiger partial charge in [0.05, 0.1) is 0 Å². The first-order valence-corrected chi connectivity index (χ1v) is 9.67. The van der Waals surface area contributed by atoms with Crippen LogP contribution in [0.25, 0.3) is 0 Å². The normalized spacial score (nSPS) is 12.6. The van der Waals surface area contributed by atoms with Crippen LogP contribution >= 0.6 is 0 Å². The van der Waals surface area contributed by atoms with Crippen LogP contribution in [0.5, 0.6) is 0 Å². The first kappa shape index (κ1) is 24.4. The van der Waals surface area contributed by atoms with Gasteiger partial charge in [0.25, 0.3) is 11.8 Å². The van der Waals surface area contributed by atoms with Gasteiger partial charge >= 0.3 is 5.97 Å². The van der Waals surface area contributed by atoms with Gasteiger partial charge in [-0.3, -0.25) is 14.4 Å². The van der Waals surface area contributed by atoms with E-state index in [0.29, 0.717) is 5.69 Å². The molecule has 4 N–H and O–H groups in total. The molecule has 2 aromatic carbocycles. The zero-order valence-corrected chi connectivity index (χ0v) is 17.6. The molecule has 2 atom stereocenters. The van der Waals surface area contributed by atoms with Crippen molar-refractivity contribution in [2.45, 2.75) is 32.9 Å². The number of anilines is 1. The second kappa shape index (κ2) is 10.5. The highest BCUT2D eigenvalue weighted by Crippen LogP contribution is 2.15. The lowest BCUT2D eigenvalue weighted by molar-refractivity contribution is -0.156. The Kier molecular flexibility index (Phi) is 8.00. The number of amides is 3. The molecule has 3 amide bonds. The lowest BCUT2D eigenvalue weighted by atomic mass is 10.0. The Morgan fingerprint density at radius 3 is 2.00 bits per heavy atom. The zero-order valence-electron chi connectivity index (χ0n) is 17.6. The molecule has 0 aliphatic heterocycles. The molecule has 0 fully saturated rings. The van der Waals surface area contributed by atoms with Crippen molar-refractivity contribution in [2.75, 3.05) is 5.32 Å². The quantitative estimate of drug-likeness (QED) is 0.536. The van der Waals surface area contributed by atoms with E-state index in [0.717, 1.165) is 18.2 Å². The van der Waals surface area contributed by atoms with Gasteiger partial charge in [0.2, 0.25) is 5.91 Å². The summed E-state index contributed by atoms with van der Waals surface area (Å²) in [4.78, 5) is 48.3. The lowest BCUT2D eigenvalue weighted by Crippen LogP contribution is -2.47. The molecule has 0 aromatic heterocycles. The monoisotopic (exact) mass is 447 g/mol. The molecule has 0 saturated carbocycles. The molecule has 0 bridgehead atoms. The van der Waals surface area contributed by atoms with E-state index < -0.39 is 59.0 Å². The Labute approximate surface area is 183 Å². The van der Waals surface area contributed by atoms with Crippen molar-refractivity contribution in [3.8, 4) is 0 Å². The van der Waals surface area contributed by atoms with Gasteiger partial charge < -0.3 is 21.1 Å². The van der Waals surface area contributed by atoms with Crippen molar-refractivity contribution in [2.24, 2.45) is 11.7 Å². The van der Waals surface area contributed by atoms with Crippen molar-refractivity contribution < 1.29 is 32.7 Å². The Morgan fingerprint density at radius 2 is 1.50 bits per heavy atom. The minimum absolute atomic E-state index is 0.254. The number of esters is 1. The molecule has 0 heterocycles. The predicted molar refractivity (Wildman–Crippen MR) is 112 cm³/mol. The highest BCUT2D eigenvalue weighted by molar-refractivity contribution is 5.99. The third-order valence-corrected chi connectivity index (χ3v) is 4.50. The van der Waals surface area contributed by atoms with E-state index >= 15 is 0 Å². The molecule has 0 spiro atoms. The van der Waals surface area contributed by atoms with Crippen LogP contribution in [0, 0.1) is 17.6 Å². The van der Waals surface area contributed by atoms with E-state index in [1.165, 1.54) is 31.2 Å². The lowest BCUT2D eigenvalue weighted by Gasteiger charge is -2.23. The third kappa shape index (κ3) is 6.10. The Morgan fingerprint density at radius 1 is 0.938 bits per heavy atom. The van der Waals surface area contributed by atoms with Crippen LogP contribution < -0.4 is 16.4 Å². The molecule has 2 unspecified atom stereocenters. The fraction of sp³-hybridized carbons (Fsp3) is 0.273. The van der Waals surface area contributed by atoms with Gasteiger partial charge in [-0.1, -0.05) is 19.9 Å². The average Bonchev–Trinajstić information content (AvgIpc) is 2.71. The van der Waals surface area contributed by atoms with Gasteiger partial charge in [0, 0.05) is 11.3 Å². The number of halogens is 2. The summed E-state index contributed by atoms with van der Waals surface area (Å²) in [6.45, 7) is 4.50. The van der Waals surface area contributed by atoms with E-state index in [1.54, 1.807) is 13.8 Å². The summed E-state index contributed by atoms with van der Waals surface area (Å²) in [5.41, 5.74) is 4.92. The first-order valence-electron chi connectivity index (χ1n) is 9.67. The number of benzene rings is 2. The van der Waals surface area contributed by atoms with Gasteiger partial charge in [-0.2, -0.15) is 0 Å². The Bertz CT molecular complexity index is 1000. The van der Waals surface area contributed by atoms with Crippen molar-refractivity contribution in [3.05, 3.63) is 65.2 Å². The third-order valence-electron chi connectivity index (χ3n) is 4.50. The maximum Gasteiger partial charge on any atom is 0.329 e. The number of hydrogen-bond acceptors (Lipinski definition) is 5. The van der Waals surface area contributed by atoms with Gasteiger partial charge in [-0.15, -0.1) is 0 Å². The van der Waals surface area contributed by atoms with E-state index in [2.05, 4.69) is 10.6 Å². The summed E-state index contributed by atoms with van der Waals surface area (Å²) in [6, 6.07) is 7.43. The number of carbonyl (C=O) groups is 4. The summed E-state index contributed by atoms with van der Waals surface area (Å²) in [7, 11) is 0. The summed E-state index contributed by atoms with van der Waals surface area (Å²) in [5, 5.41) is 4.76. The topological polar surface area (TPSA) is 128 Å². The van der Waals surface area contributed by atoms with Gasteiger partial charge in [-0.25, -0.2) is 13.6 Å². The van der Waals surface area contributed by atoms with E-state index in [9.17, 15) is 28.0 Å². The largest absolute Gasteiger partial charge is 0.451 e.